The number of hydrogen-bond donors (Lipinski definition) is 1. The first-order valence-electron chi connectivity index (χ1n) is 5.73. The van der Waals surface area contributed by atoms with Crippen LogP contribution in [0.25, 0.3) is 0 Å². The minimum absolute atomic E-state index is 0.571. The van der Waals surface area contributed by atoms with Gasteiger partial charge in [0.1, 0.15) is 5.41 Å². The minimum Gasteiger partial charge on any atom is -0.481 e. The lowest BCUT2D eigenvalue weighted by Gasteiger charge is -2.36. The number of carbonyl (C=O) groups is 1. The number of thiazole rings is 1. The fraction of sp³-hybridized carbons (Fsp3) is 0.667. The lowest BCUT2D eigenvalue weighted by atomic mass is 9.67. The number of carboxylic acids is 1. The van der Waals surface area contributed by atoms with Crippen LogP contribution in [0.1, 0.15) is 43.8 Å². The molecule has 0 unspecified atom stereocenters. The van der Waals surface area contributed by atoms with Crippen LogP contribution in [-0.2, 0) is 16.6 Å². The first-order valence-corrected chi connectivity index (χ1v) is 6.61. The normalized spacial score (nSPS) is 18.4. The van der Waals surface area contributed by atoms with Crippen molar-refractivity contribution in [3.8, 4) is 0 Å². The molecule has 1 aliphatic carbocycles. The molecule has 0 saturated heterocycles. The number of aromatic nitrogens is 1. The Morgan fingerprint density at radius 3 is 2.75 bits per heavy atom. The molecule has 0 atom stereocenters. The van der Waals surface area contributed by atoms with E-state index in [0.29, 0.717) is 5.92 Å². The van der Waals surface area contributed by atoms with Crippen LogP contribution in [-0.4, -0.2) is 16.1 Å². The number of rotatable bonds is 4. The summed E-state index contributed by atoms with van der Waals surface area (Å²) in [6.45, 7) is 4.30. The predicted molar refractivity (Wildman–Crippen MR) is 63.8 cm³/mol. The van der Waals surface area contributed by atoms with Gasteiger partial charge in [0.2, 0.25) is 0 Å². The van der Waals surface area contributed by atoms with Gasteiger partial charge >= 0.3 is 5.97 Å². The summed E-state index contributed by atoms with van der Waals surface area (Å²) in [6.07, 6.45) is 3.43. The maximum atomic E-state index is 11.3. The van der Waals surface area contributed by atoms with E-state index in [1.54, 1.807) is 11.3 Å². The second-order valence-corrected chi connectivity index (χ2v) is 5.91. The predicted octanol–water partition coefficient (Wildman–Crippen LogP) is 2.85. The molecule has 3 nitrogen and oxygen atoms in total. The quantitative estimate of drug-likeness (QED) is 0.879. The molecule has 0 aromatic carbocycles. The molecule has 1 fully saturated rings. The number of aliphatic carboxylic acids is 1. The second kappa shape index (κ2) is 4.17. The first-order chi connectivity index (χ1) is 7.54. The minimum atomic E-state index is -0.708. The summed E-state index contributed by atoms with van der Waals surface area (Å²) in [5.41, 5.74) is 0.123. The van der Waals surface area contributed by atoms with Crippen LogP contribution < -0.4 is 0 Å². The average molecular weight is 239 g/mol. The number of carboxylic acid groups (broad SMARTS) is 1. The molecule has 1 saturated carbocycles. The molecule has 88 valence electrons. The lowest BCUT2D eigenvalue weighted by molar-refractivity contribution is -0.147. The first kappa shape index (κ1) is 11.6. The largest absolute Gasteiger partial charge is 0.481 e. The van der Waals surface area contributed by atoms with Crippen LogP contribution in [0.5, 0.6) is 0 Å². The van der Waals surface area contributed by atoms with E-state index >= 15 is 0 Å². The summed E-state index contributed by atoms with van der Waals surface area (Å²) in [5.74, 6) is -0.138. The van der Waals surface area contributed by atoms with Crippen molar-refractivity contribution < 1.29 is 9.90 Å². The van der Waals surface area contributed by atoms with Crippen molar-refractivity contribution in [3.05, 3.63) is 16.1 Å². The summed E-state index contributed by atoms with van der Waals surface area (Å²) < 4.78 is 0. The van der Waals surface area contributed by atoms with E-state index in [1.165, 1.54) is 0 Å². The van der Waals surface area contributed by atoms with Gasteiger partial charge in [-0.25, -0.2) is 4.98 Å². The topological polar surface area (TPSA) is 50.2 Å². The van der Waals surface area contributed by atoms with Gasteiger partial charge in [0.25, 0.3) is 0 Å². The van der Waals surface area contributed by atoms with Crippen LogP contribution in [0.2, 0.25) is 0 Å². The Hall–Kier alpha value is -0.900. The smallest absolute Gasteiger partial charge is 0.315 e. The van der Waals surface area contributed by atoms with Gasteiger partial charge in [-0.3, -0.25) is 4.79 Å². The third-order valence-corrected chi connectivity index (χ3v) is 4.11. The molecule has 2 rings (SSSR count). The molecular formula is C12H17NO2S. The summed E-state index contributed by atoms with van der Waals surface area (Å²) in [4.78, 5) is 15.8. The summed E-state index contributed by atoms with van der Waals surface area (Å²) in [7, 11) is 0. The van der Waals surface area contributed by atoms with E-state index in [1.807, 2.05) is 5.38 Å². The average Bonchev–Trinajstić information content (AvgIpc) is 2.49. The highest BCUT2D eigenvalue weighted by Gasteiger charge is 2.47. The standard InChI is InChI=1S/C12H17NO2S/c1-8(2)6-10-13-9(7-16-10)12(11(14)15)4-3-5-12/h7-8H,3-6H2,1-2H3,(H,14,15). The van der Waals surface area contributed by atoms with Crippen molar-refractivity contribution in [3.63, 3.8) is 0 Å². The number of nitrogens with zero attached hydrogens (tertiary/aromatic N) is 1. The zero-order chi connectivity index (χ0) is 11.8. The maximum absolute atomic E-state index is 11.3. The van der Waals surface area contributed by atoms with Gasteiger partial charge in [-0.2, -0.15) is 0 Å². The molecule has 0 amide bonds. The Morgan fingerprint density at radius 1 is 1.62 bits per heavy atom. The van der Waals surface area contributed by atoms with E-state index in [-0.39, 0.29) is 0 Å². The highest BCUT2D eigenvalue weighted by Crippen LogP contribution is 2.44. The highest BCUT2D eigenvalue weighted by molar-refractivity contribution is 7.09. The lowest BCUT2D eigenvalue weighted by Crippen LogP contribution is -2.42. The van der Waals surface area contributed by atoms with Gasteiger partial charge in [0.05, 0.1) is 10.7 Å². The van der Waals surface area contributed by atoms with Crippen LogP contribution in [0.15, 0.2) is 5.38 Å². The molecule has 1 N–H and O–H groups in total. The third-order valence-electron chi connectivity index (χ3n) is 3.24. The van der Waals surface area contributed by atoms with Gasteiger partial charge in [0.15, 0.2) is 0 Å². The summed E-state index contributed by atoms with van der Waals surface area (Å²) in [6, 6.07) is 0. The van der Waals surface area contributed by atoms with Gasteiger partial charge in [-0.1, -0.05) is 20.3 Å². The SMILES string of the molecule is CC(C)Cc1nc(C2(C(=O)O)CCC2)cs1. The Kier molecular flexibility index (Phi) is 3.02. The third kappa shape index (κ3) is 1.86. The van der Waals surface area contributed by atoms with Crippen molar-refractivity contribution in [2.75, 3.05) is 0 Å². The molecule has 1 heterocycles. The van der Waals surface area contributed by atoms with Gasteiger partial charge in [-0.15, -0.1) is 11.3 Å². The molecule has 0 bridgehead atoms. The van der Waals surface area contributed by atoms with Crippen molar-refractivity contribution in [2.24, 2.45) is 5.92 Å². The van der Waals surface area contributed by atoms with E-state index in [0.717, 1.165) is 36.4 Å². The van der Waals surface area contributed by atoms with Crippen LogP contribution in [0.4, 0.5) is 0 Å². The Labute approximate surface area is 99.5 Å². The molecular weight excluding hydrogens is 222 g/mol. The zero-order valence-corrected chi connectivity index (χ0v) is 10.5. The van der Waals surface area contributed by atoms with Gasteiger partial charge in [0, 0.05) is 11.8 Å². The fourth-order valence-corrected chi connectivity index (χ4v) is 3.19. The molecule has 16 heavy (non-hydrogen) atoms. The van der Waals surface area contributed by atoms with Crippen molar-refractivity contribution in [1.29, 1.82) is 0 Å². The van der Waals surface area contributed by atoms with Gasteiger partial charge < -0.3 is 5.11 Å². The fourth-order valence-electron chi connectivity index (χ4n) is 2.08. The molecule has 0 radical (unpaired) electrons. The molecule has 1 aromatic heterocycles. The Morgan fingerprint density at radius 2 is 2.31 bits per heavy atom. The number of hydrogen-bond acceptors (Lipinski definition) is 3. The van der Waals surface area contributed by atoms with E-state index in [2.05, 4.69) is 18.8 Å². The molecule has 4 heteroatoms. The highest BCUT2D eigenvalue weighted by atomic mass is 32.1. The maximum Gasteiger partial charge on any atom is 0.315 e. The Bertz CT molecular complexity index is 393. The van der Waals surface area contributed by atoms with E-state index in [4.69, 9.17) is 0 Å². The monoisotopic (exact) mass is 239 g/mol. The molecule has 0 spiro atoms. The van der Waals surface area contributed by atoms with Crippen LogP contribution in [0, 0.1) is 5.92 Å². The van der Waals surface area contributed by atoms with Crippen molar-refractivity contribution >= 4 is 17.3 Å². The van der Waals surface area contributed by atoms with E-state index in [9.17, 15) is 9.90 Å². The molecule has 1 aliphatic rings. The van der Waals surface area contributed by atoms with Gasteiger partial charge in [-0.05, 0) is 18.8 Å². The molecule has 0 aliphatic heterocycles. The van der Waals surface area contributed by atoms with Crippen LogP contribution >= 0.6 is 11.3 Å². The summed E-state index contributed by atoms with van der Waals surface area (Å²) in [5, 5.41) is 12.3. The summed E-state index contributed by atoms with van der Waals surface area (Å²) >= 11 is 1.60. The Balaban J connectivity index is 2.20. The van der Waals surface area contributed by atoms with Crippen molar-refractivity contribution in [1.82, 2.24) is 4.98 Å². The zero-order valence-electron chi connectivity index (χ0n) is 9.69. The second-order valence-electron chi connectivity index (χ2n) is 4.97. The van der Waals surface area contributed by atoms with E-state index < -0.39 is 11.4 Å². The van der Waals surface area contributed by atoms with Crippen molar-refractivity contribution in [2.45, 2.75) is 44.9 Å². The molecule has 1 aromatic rings. The van der Waals surface area contributed by atoms with Crippen LogP contribution in [0.3, 0.4) is 0 Å².